The third-order valence-electron chi connectivity index (χ3n) is 3.14. The minimum Gasteiger partial charge on any atom is -0.497 e. The minimum absolute atomic E-state index is 0.0455. The number of methoxy groups -OCH3 is 1. The van der Waals surface area contributed by atoms with E-state index in [1.54, 1.807) is 14.0 Å². The van der Waals surface area contributed by atoms with Crippen molar-refractivity contribution in [3.05, 3.63) is 24.3 Å². The van der Waals surface area contributed by atoms with Gasteiger partial charge in [-0.25, -0.2) is 9.78 Å². The molecule has 1 atom stereocenters. The first-order chi connectivity index (χ1) is 11.9. The third kappa shape index (κ3) is 5.49. The van der Waals surface area contributed by atoms with Crippen molar-refractivity contribution in [2.45, 2.75) is 37.2 Å². The minimum atomic E-state index is -0.516. The van der Waals surface area contributed by atoms with Crippen molar-refractivity contribution in [3.63, 3.8) is 0 Å². The highest BCUT2D eigenvalue weighted by Crippen LogP contribution is 2.24. The van der Waals surface area contributed by atoms with Gasteiger partial charge in [0.2, 0.25) is 11.1 Å². The molecular weight excluding hydrogens is 342 g/mol. The van der Waals surface area contributed by atoms with E-state index in [1.807, 2.05) is 38.1 Å². The van der Waals surface area contributed by atoms with Crippen LogP contribution < -0.4 is 15.4 Å². The lowest BCUT2D eigenvalue weighted by molar-refractivity contribution is -0.119. The monoisotopic (exact) mass is 363 g/mol. The van der Waals surface area contributed by atoms with Gasteiger partial charge in [-0.2, -0.15) is 0 Å². The maximum Gasteiger partial charge on any atom is 0.321 e. The Morgan fingerprint density at radius 1 is 1.20 bits per heavy atom. The number of hydrogen-bond donors (Lipinski definition) is 3. The molecule has 0 aliphatic carbocycles. The Morgan fingerprint density at radius 3 is 2.48 bits per heavy atom. The van der Waals surface area contributed by atoms with E-state index in [-0.39, 0.29) is 6.04 Å². The van der Waals surface area contributed by atoms with Gasteiger partial charge >= 0.3 is 6.03 Å². The highest BCUT2D eigenvalue weighted by Gasteiger charge is 2.19. The van der Waals surface area contributed by atoms with E-state index in [0.29, 0.717) is 11.0 Å². The molecule has 134 valence electrons. The number of thioether (sulfide) groups is 1. The number of carbonyl (C=O) groups excluding carboxylic acids is 2. The van der Waals surface area contributed by atoms with Gasteiger partial charge in [0.05, 0.1) is 12.4 Å². The Labute approximate surface area is 150 Å². The number of nitrogens with one attached hydrogen (secondary N) is 3. The van der Waals surface area contributed by atoms with Gasteiger partial charge in [-0.3, -0.25) is 15.2 Å². The first kappa shape index (κ1) is 18.8. The van der Waals surface area contributed by atoms with E-state index in [1.165, 1.54) is 11.8 Å². The van der Waals surface area contributed by atoms with Crippen LogP contribution in [0.4, 0.5) is 4.79 Å². The van der Waals surface area contributed by atoms with Gasteiger partial charge in [-0.1, -0.05) is 11.8 Å². The number of hydrogen-bond acceptors (Lipinski definition) is 6. The molecule has 9 heteroatoms. The van der Waals surface area contributed by atoms with Crippen LogP contribution in [0, 0.1) is 0 Å². The zero-order chi connectivity index (χ0) is 18.4. The molecule has 1 aromatic carbocycles. The van der Waals surface area contributed by atoms with Crippen LogP contribution in [0.5, 0.6) is 5.75 Å². The van der Waals surface area contributed by atoms with Crippen LogP contribution in [0.25, 0.3) is 11.4 Å². The molecule has 0 bridgehead atoms. The average Bonchev–Trinajstić information content (AvgIpc) is 3.02. The van der Waals surface area contributed by atoms with E-state index < -0.39 is 17.2 Å². The molecule has 3 amide bonds. The Kier molecular flexibility index (Phi) is 6.40. The van der Waals surface area contributed by atoms with Gasteiger partial charge in [-0.15, -0.1) is 5.10 Å². The van der Waals surface area contributed by atoms with Gasteiger partial charge in [0.1, 0.15) is 5.75 Å². The summed E-state index contributed by atoms with van der Waals surface area (Å²) in [6.07, 6.45) is 0. The average molecular weight is 363 g/mol. The predicted molar refractivity (Wildman–Crippen MR) is 95.5 cm³/mol. The van der Waals surface area contributed by atoms with Crippen molar-refractivity contribution in [1.82, 2.24) is 25.8 Å². The fourth-order valence-electron chi connectivity index (χ4n) is 1.90. The Bertz CT molecular complexity index is 730. The van der Waals surface area contributed by atoms with Gasteiger partial charge < -0.3 is 10.1 Å². The van der Waals surface area contributed by atoms with E-state index in [0.717, 1.165) is 11.3 Å². The van der Waals surface area contributed by atoms with Crippen molar-refractivity contribution in [1.29, 1.82) is 0 Å². The summed E-state index contributed by atoms with van der Waals surface area (Å²) in [6, 6.07) is 6.82. The molecule has 0 unspecified atom stereocenters. The first-order valence-electron chi connectivity index (χ1n) is 7.74. The number of urea groups is 1. The maximum absolute atomic E-state index is 12.0. The number of imide groups is 1. The summed E-state index contributed by atoms with van der Waals surface area (Å²) >= 11 is 1.17. The van der Waals surface area contributed by atoms with Gasteiger partial charge in [0.15, 0.2) is 5.82 Å². The van der Waals surface area contributed by atoms with E-state index in [9.17, 15) is 9.59 Å². The molecule has 1 heterocycles. The van der Waals surface area contributed by atoms with Crippen molar-refractivity contribution in [3.8, 4) is 17.1 Å². The lowest BCUT2D eigenvalue weighted by Crippen LogP contribution is -2.45. The summed E-state index contributed by atoms with van der Waals surface area (Å²) in [6.45, 7) is 5.32. The fourth-order valence-corrected chi connectivity index (χ4v) is 2.63. The molecule has 0 spiro atoms. The Hall–Kier alpha value is -2.55. The summed E-state index contributed by atoms with van der Waals surface area (Å²) in [5, 5.41) is 11.7. The lowest BCUT2D eigenvalue weighted by atomic mass is 10.2. The number of aromatic nitrogens is 3. The van der Waals surface area contributed by atoms with Gasteiger partial charge in [0, 0.05) is 11.6 Å². The van der Waals surface area contributed by atoms with Crippen molar-refractivity contribution < 1.29 is 14.3 Å². The summed E-state index contributed by atoms with van der Waals surface area (Å²) in [7, 11) is 1.60. The molecule has 0 aliphatic rings. The second-order valence-electron chi connectivity index (χ2n) is 5.57. The van der Waals surface area contributed by atoms with E-state index >= 15 is 0 Å². The van der Waals surface area contributed by atoms with Gasteiger partial charge in [0.25, 0.3) is 0 Å². The number of carbonyl (C=O) groups is 2. The van der Waals surface area contributed by atoms with Gasteiger partial charge in [-0.05, 0) is 45.0 Å². The van der Waals surface area contributed by atoms with Crippen molar-refractivity contribution >= 4 is 23.7 Å². The number of aromatic amines is 1. The number of H-pyrrole nitrogens is 1. The van der Waals surface area contributed by atoms with Crippen LogP contribution in [0.15, 0.2) is 29.4 Å². The normalized spacial score (nSPS) is 11.9. The van der Waals surface area contributed by atoms with Crippen LogP contribution in [0.1, 0.15) is 20.8 Å². The molecule has 0 saturated heterocycles. The largest absolute Gasteiger partial charge is 0.497 e. The summed E-state index contributed by atoms with van der Waals surface area (Å²) in [5.41, 5.74) is 0.855. The number of ether oxygens (including phenoxy) is 1. The lowest BCUT2D eigenvalue weighted by Gasteiger charge is -2.11. The van der Waals surface area contributed by atoms with Crippen LogP contribution in [0.3, 0.4) is 0 Å². The predicted octanol–water partition coefficient (Wildman–Crippen LogP) is 2.20. The summed E-state index contributed by atoms with van der Waals surface area (Å²) in [4.78, 5) is 27.9. The van der Waals surface area contributed by atoms with Crippen molar-refractivity contribution in [2.24, 2.45) is 0 Å². The van der Waals surface area contributed by atoms with E-state index in [4.69, 9.17) is 4.74 Å². The highest BCUT2D eigenvalue weighted by atomic mass is 32.2. The fraction of sp³-hybridized carbons (Fsp3) is 0.375. The summed E-state index contributed by atoms with van der Waals surface area (Å²) in [5.74, 6) is 0.942. The third-order valence-corrected chi connectivity index (χ3v) is 4.10. The van der Waals surface area contributed by atoms with Crippen LogP contribution >= 0.6 is 11.8 Å². The molecular formula is C16H21N5O3S. The summed E-state index contributed by atoms with van der Waals surface area (Å²) < 4.78 is 5.12. The number of rotatable bonds is 6. The second-order valence-corrected chi connectivity index (χ2v) is 6.88. The Balaban J connectivity index is 1.95. The molecule has 0 aliphatic heterocycles. The number of benzene rings is 1. The van der Waals surface area contributed by atoms with Crippen LogP contribution in [-0.2, 0) is 4.79 Å². The second kappa shape index (κ2) is 8.52. The maximum atomic E-state index is 12.0. The number of amides is 3. The molecule has 25 heavy (non-hydrogen) atoms. The molecule has 2 rings (SSSR count). The molecule has 0 saturated carbocycles. The first-order valence-corrected chi connectivity index (χ1v) is 8.62. The Morgan fingerprint density at radius 2 is 1.88 bits per heavy atom. The standard InChI is InChI=1S/C16H21N5O3S/c1-9(2)17-15(23)19-14(22)10(3)25-16-18-13(20-21-16)11-5-7-12(24-4)8-6-11/h5-10H,1-4H3,(H,18,20,21)(H2,17,19,22,23)/t10-/m1/s1. The molecule has 0 radical (unpaired) electrons. The molecule has 2 aromatic rings. The SMILES string of the molecule is COc1ccc(-c2nc(S[C@H](C)C(=O)NC(=O)NC(C)C)n[nH]2)cc1. The zero-order valence-corrected chi connectivity index (χ0v) is 15.3. The smallest absolute Gasteiger partial charge is 0.321 e. The van der Waals surface area contributed by atoms with Crippen LogP contribution in [0.2, 0.25) is 0 Å². The quantitative estimate of drug-likeness (QED) is 0.679. The molecule has 0 fully saturated rings. The number of nitrogens with zero attached hydrogens (tertiary/aromatic N) is 2. The topological polar surface area (TPSA) is 109 Å². The molecule has 1 aromatic heterocycles. The van der Waals surface area contributed by atoms with Crippen molar-refractivity contribution in [2.75, 3.05) is 7.11 Å². The van der Waals surface area contributed by atoms with E-state index in [2.05, 4.69) is 25.8 Å². The van der Waals surface area contributed by atoms with Crippen LogP contribution in [-0.4, -0.2) is 45.5 Å². The molecule has 3 N–H and O–H groups in total. The zero-order valence-electron chi connectivity index (χ0n) is 14.5. The molecule has 8 nitrogen and oxygen atoms in total. The highest BCUT2D eigenvalue weighted by molar-refractivity contribution is 8.00.